The summed E-state index contributed by atoms with van der Waals surface area (Å²) in [6.45, 7) is 1.88. The van der Waals surface area contributed by atoms with Crippen LogP contribution in [0.3, 0.4) is 0 Å². The molecule has 1 aliphatic carbocycles. The van der Waals surface area contributed by atoms with Crippen LogP contribution in [-0.2, 0) is 4.79 Å². The Morgan fingerprint density at radius 3 is 2.52 bits per heavy atom. The minimum absolute atomic E-state index is 0.0599. The van der Waals surface area contributed by atoms with Gasteiger partial charge in [-0.15, -0.1) is 0 Å². The highest BCUT2D eigenvalue weighted by Crippen LogP contribution is 2.46. The second kappa shape index (κ2) is 7.77. The van der Waals surface area contributed by atoms with Gasteiger partial charge in [0.25, 0.3) is 0 Å². The third-order valence-electron chi connectivity index (χ3n) is 5.75. The number of nitrogens with zero attached hydrogens (tertiary/aromatic N) is 1. The molecule has 4 rings (SSSR count). The maximum absolute atomic E-state index is 13.3. The van der Waals surface area contributed by atoms with Gasteiger partial charge in [0.15, 0.2) is 5.78 Å². The van der Waals surface area contributed by atoms with E-state index < -0.39 is 5.92 Å². The lowest BCUT2D eigenvalue weighted by molar-refractivity contribution is -0.116. The number of methoxy groups -OCH3 is 1. The topological polar surface area (TPSA) is 62.1 Å². The first-order valence-corrected chi connectivity index (χ1v) is 9.93. The number of carbonyl (C=O) groups excluding carboxylic acids is 1. The van der Waals surface area contributed by atoms with E-state index in [0.717, 1.165) is 28.3 Å². The number of ketones is 1. The zero-order valence-electron chi connectivity index (χ0n) is 16.3. The van der Waals surface area contributed by atoms with E-state index in [9.17, 15) is 10.1 Å². The number of nitriles is 1. The third kappa shape index (κ3) is 3.43. The Kier molecular flexibility index (Phi) is 5.17. The number of Topliss-reactive ketones (excluding diaryl/α,β-unsaturated/α-hetero) is 1. The van der Waals surface area contributed by atoms with Gasteiger partial charge < -0.3 is 10.1 Å². The largest absolute Gasteiger partial charge is 0.497 e. The van der Waals surface area contributed by atoms with Crippen molar-refractivity contribution in [3.05, 3.63) is 87.2 Å². The maximum Gasteiger partial charge on any atom is 0.162 e. The van der Waals surface area contributed by atoms with Gasteiger partial charge in [-0.2, -0.15) is 5.26 Å². The first kappa shape index (κ1) is 19.3. The summed E-state index contributed by atoms with van der Waals surface area (Å²) in [7, 11) is 1.64. The van der Waals surface area contributed by atoms with Gasteiger partial charge in [0.05, 0.1) is 24.7 Å². The summed E-state index contributed by atoms with van der Waals surface area (Å²) in [6, 6.07) is 17.6. The average molecular weight is 405 g/mol. The molecular weight excluding hydrogens is 384 g/mol. The highest BCUT2D eigenvalue weighted by atomic mass is 35.5. The highest BCUT2D eigenvalue weighted by molar-refractivity contribution is 6.31. The van der Waals surface area contributed by atoms with Crippen molar-refractivity contribution >= 4 is 17.4 Å². The summed E-state index contributed by atoms with van der Waals surface area (Å²) in [5.74, 6) is 0.518. The van der Waals surface area contributed by atoms with Crippen LogP contribution in [0.2, 0.25) is 5.02 Å². The molecule has 1 aliphatic heterocycles. The molecule has 0 saturated carbocycles. The number of carbonyl (C=O) groups is 1. The van der Waals surface area contributed by atoms with E-state index in [-0.39, 0.29) is 11.7 Å². The van der Waals surface area contributed by atoms with Crippen LogP contribution < -0.4 is 10.1 Å². The van der Waals surface area contributed by atoms with Gasteiger partial charge in [0, 0.05) is 28.4 Å². The standard InChI is InChI=1S/C24H21ClN2O2/c1-14-19(13-26)23(18-5-3-4-6-20(18)25)24-21(27-14)11-16(12-22(24)28)15-7-9-17(29-2)10-8-15/h3-10,16,23,27H,11-12H2,1-2H3/t16-,23-/m1/s1. The molecule has 2 aromatic rings. The van der Waals surface area contributed by atoms with Crippen LogP contribution in [0.5, 0.6) is 5.75 Å². The molecule has 0 radical (unpaired) electrons. The van der Waals surface area contributed by atoms with E-state index in [1.807, 2.05) is 49.4 Å². The molecule has 2 aliphatic rings. The first-order chi connectivity index (χ1) is 14.0. The Hall–Kier alpha value is -3.03. The zero-order chi connectivity index (χ0) is 20.5. The van der Waals surface area contributed by atoms with E-state index in [0.29, 0.717) is 29.0 Å². The second-order valence-corrected chi connectivity index (χ2v) is 7.83. The smallest absolute Gasteiger partial charge is 0.162 e. The minimum atomic E-state index is -0.422. The summed E-state index contributed by atoms with van der Waals surface area (Å²) in [5, 5.41) is 13.7. The molecular formula is C24H21ClN2O2. The summed E-state index contributed by atoms with van der Waals surface area (Å²) in [5.41, 5.74) is 4.80. The SMILES string of the molecule is COc1ccc([C@H]2CC(=O)C3=C(C2)NC(C)=C(C#N)[C@H]3c2ccccc2Cl)cc1. The quantitative estimate of drug-likeness (QED) is 0.760. The second-order valence-electron chi connectivity index (χ2n) is 7.42. The number of hydrogen-bond acceptors (Lipinski definition) is 4. The Balaban J connectivity index is 1.76. The number of dihydropyridines is 1. The van der Waals surface area contributed by atoms with Crippen LogP contribution in [0.1, 0.15) is 42.7 Å². The molecule has 29 heavy (non-hydrogen) atoms. The molecule has 0 amide bonds. The van der Waals surface area contributed by atoms with Crippen molar-refractivity contribution in [2.24, 2.45) is 0 Å². The number of benzene rings is 2. The van der Waals surface area contributed by atoms with Gasteiger partial charge in [-0.1, -0.05) is 41.9 Å². The van der Waals surface area contributed by atoms with E-state index >= 15 is 0 Å². The summed E-state index contributed by atoms with van der Waals surface area (Å²) >= 11 is 6.46. The number of halogens is 1. The van der Waals surface area contributed by atoms with Crippen LogP contribution in [0.4, 0.5) is 0 Å². The van der Waals surface area contributed by atoms with Crippen molar-refractivity contribution in [1.82, 2.24) is 5.32 Å². The molecule has 0 bridgehead atoms. The minimum Gasteiger partial charge on any atom is -0.497 e. The number of rotatable bonds is 3. The number of hydrogen-bond donors (Lipinski definition) is 1. The van der Waals surface area contributed by atoms with Gasteiger partial charge in [-0.05, 0) is 48.6 Å². The molecule has 4 nitrogen and oxygen atoms in total. The normalized spacial score (nSPS) is 21.4. The van der Waals surface area contributed by atoms with Crippen LogP contribution in [0.25, 0.3) is 0 Å². The van der Waals surface area contributed by atoms with Crippen LogP contribution >= 0.6 is 11.6 Å². The molecule has 0 fully saturated rings. The van der Waals surface area contributed by atoms with Gasteiger partial charge in [-0.3, -0.25) is 4.79 Å². The molecule has 2 atom stereocenters. The molecule has 0 saturated heterocycles. The lowest BCUT2D eigenvalue weighted by Crippen LogP contribution is -2.33. The van der Waals surface area contributed by atoms with Gasteiger partial charge in [0.1, 0.15) is 5.75 Å². The molecule has 0 aromatic heterocycles. The average Bonchev–Trinajstić information content (AvgIpc) is 2.73. The summed E-state index contributed by atoms with van der Waals surface area (Å²) in [4.78, 5) is 13.3. The molecule has 2 aromatic carbocycles. The van der Waals surface area contributed by atoms with Crippen LogP contribution in [0.15, 0.2) is 71.1 Å². The van der Waals surface area contributed by atoms with E-state index in [1.54, 1.807) is 13.2 Å². The fraction of sp³-hybridized carbons (Fsp3) is 0.250. The van der Waals surface area contributed by atoms with Crippen LogP contribution in [0, 0.1) is 11.3 Å². The van der Waals surface area contributed by atoms with Gasteiger partial charge in [-0.25, -0.2) is 0 Å². The lowest BCUT2D eigenvalue weighted by Gasteiger charge is -2.36. The molecule has 1 N–H and O–H groups in total. The lowest BCUT2D eigenvalue weighted by atomic mass is 9.72. The van der Waals surface area contributed by atoms with Crippen LogP contribution in [-0.4, -0.2) is 12.9 Å². The van der Waals surface area contributed by atoms with Crippen molar-refractivity contribution in [2.75, 3.05) is 7.11 Å². The summed E-state index contributed by atoms with van der Waals surface area (Å²) in [6.07, 6.45) is 1.12. The molecule has 146 valence electrons. The Bertz CT molecular complexity index is 1080. The Labute approximate surface area is 175 Å². The van der Waals surface area contributed by atoms with E-state index in [2.05, 4.69) is 11.4 Å². The predicted molar refractivity (Wildman–Crippen MR) is 113 cm³/mol. The molecule has 0 spiro atoms. The fourth-order valence-electron chi connectivity index (χ4n) is 4.32. The summed E-state index contributed by atoms with van der Waals surface area (Å²) < 4.78 is 5.24. The maximum atomic E-state index is 13.3. The van der Waals surface area contributed by atoms with E-state index in [1.165, 1.54) is 0 Å². The van der Waals surface area contributed by atoms with Gasteiger partial charge in [0.2, 0.25) is 0 Å². The predicted octanol–water partition coefficient (Wildman–Crippen LogP) is 5.23. The van der Waals surface area contributed by atoms with Crippen molar-refractivity contribution in [3.63, 3.8) is 0 Å². The number of ether oxygens (including phenoxy) is 1. The number of nitrogens with one attached hydrogen (secondary N) is 1. The molecule has 1 heterocycles. The third-order valence-corrected chi connectivity index (χ3v) is 6.10. The molecule has 0 unspecified atom stereocenters. The van der Waals surface area contributed by atoms with E-state index in [4.69, 9.17) is 16.3 Å². The van der Waals surface area contributed by atoms with Crippen molar-refractivity contribution in [2.45, 2.75) is 31.6 Å². The zero-order valence-corrected chi connectivity index (χ0v) is 17.1. The van der Waals surface area contributed by atoms with Gasteiger partial charge >= 0.3 is 0 Å². The van der Waals surface area contributed by atoms with Crippen molar-refractivity contribution in [1.29, 1.82) is 5.26 Å². The highest BCUT2D eigenvalue weighted by Gasteiger charge is 2.39. The monoisotopic (exact) mass is 404 g/mol. The van der Waals surface area contributed by atoms with Crippen molar-refractivity contribution < 1.29 is 9.53 Å². The number of allylic oxidation sites excluding steroid dienone is 4. The first-order valence-electron chi connectivity index (χ1n) is 9.56. The Morgan fingerprint density at radius 1 is 1.14 bits per heavy atom. The Morgan fingerprint density at radius 2 is 1.86 bits per heavy atom. The fourth-order valence-corrected chi connectivity index (χ4v) is 4.56. The molecule has 5 heteroatoms. The van der Waals surface area contributed by atoms with Crippen molar-refractivity contribution in [3.8, 4) is 11.8 Å².